The fourth-order valence-corrected chi connectivity index (χ4v) is 4.13. The van der Waals surface area contributed by atoms with Crippen molar-refractivity contribution in [3.8, 4) is 0 Å². The maximum Gasteiger partial charge on any atom is 0.346 e. The van der Waals surface area contributed by atoms with Crippen molar-refractivity contribution in [3.05, 3.63) is 81.9 Å². The number of hydrogen-bond donors (Lipinski definition) is 1. The van der Waals surface area contributed by atoms with Crippen molar-refractivity contribution in [1.82, 2.24) is 24.8 Å². The van der Waals surface area contributed by atoms with Crippen LogP contribution in [0.5, 0.6) is 0 Å². The predicted octanol–water partition coefficient (Wildman–Crippen LogP) is 2.44. The molecule has 0 saturated heterocycles. The second-order valence-corrected chi connectivity index (χ2v) is 8.03. The standard InChI is InChI=1S/C23H22FN5O3/c24-16-7-5-15(6-8-16)14-29-23(31)28-12-11-17(9-10-21(28)26-29)25-22(30)13-19-18-3-1-2-4-20(18)32-27-19/h1-8,17H,9-14H2,(H,25,30). The molecule has 1 aliphatic heterocycles. The number of amides is 1. The lowest BCUT2D eigenvalue weighted by Crippen LogP contribution is -2.36. The fourth-order valence-electron chi connectivity index (χ4n) is 4.13. The van der Waals surface area contributed by atoms with E-state index in [1.165, 1.54) is 16.8 Å². The fraction of sp³-hybridized carbons (Fsp3) is 0.304. The Morgan fingerprint density at radius 2 is 1.97 bits per heavy atom. The van der Waals surface area contributed by atoms with Crippen LogP contribution in [0.2, 0.25) is 0 Å². The molecule has 0 spiro atoms. The van der Waals surface area contributed by atoms with Gasteiger partial charge in [0.05, 0.1) is 13.0 Å². The Bertz CT molecular complexity index is 1320. The first-order valence-electron chi connectivity index (χ1n) is 10.6. The van der Waals surface area contributed by atoms with Crippen molar-refractivity contribution in [2.45, 2.75) is 44.8 Å². The Hall–Kier alpha value is -3.75. The number of benzene rings is 2. The van der Waals surface area contributed by atoms with Crippen LogP contribution in [0.25, 0.3) is 11.0 Å². The summed E-state index contributed by atoms with van der Waals surface area (Å²) in [5.41, 5.74) is 1.90. The van der Waals surface area contributed by atoms with Gasteiger partial charge in [-0.2, -0.15) is 5.10 Å². The van der Waals surface area contributed by atoms with Crippen LogP contribution in [0.3, 0.4) is 0 Å². The predicted molar refractivity (Wildman–Crippen MR) is 115 cm³/mol. The van der Waals surface area contributed by atoms with Gasteiger partial charge in [-0.1, -0.05) is 29.4 Å². The minimum Gasteiger partial charge on any atom is -0.356 e. The van der Waals surface area contributed by atoms with Gasteiger partial charge in [-0.05, 0) is 42.7 Å². The van der Waals surface area contributed by atoms with Crippen molar-refractivity contribution < 1.29 is 13.7 Å². The lowest BCUT2D eigenvalue weighted by atomic mass is 10.1. The topological polar surface area (TPSA) is 95.0 Å². The average Bonchev–Trinajstić information content (AvgIpc) is 3.25. The summed E-state index contributed by atoms with van der Waals surface area (Å²) in [6.45, 7) is 0.778. The SMILES string of the molecule is O=C(Cc1noc2ccccc12)NC1CCc2nn(Cc3ccc(F)cc3)c(=O)n2CC1. The second-order valence-electron chi connectivity index (χ2n) is 8.03. The molecule has 0 radical (unpaired) electrons. The lowest BCUT2D eigenvalue weighted by molar-refractivity contribution is -0.121. The number of carbonyl (C=O) groups excluding carboxylic acids is 1. The van der Waals surface area contributed by atoms with E-state index in [0.717, 1.165) is 10.9 Å². The number of halogens is 1. The van der Waals surface area contributed by atoms with Crippen molar-refractivity contribution in [1.29, 1.82) is 0 Å². The molecule has 0 fully saturated rings. The number of nitrogens with zero attached hydrogens (tertiary/aromatic N) is 4. The van der Waals surface area contributed by atoms with Crippen molar-refractivity contribution in [3.63, 3.8) is 0 Å². The summed E-state index contributed by atoms with van der Waals surface area (Å²) in [6.07, 6.45) is 2.06. The van der Waals surface area contributed by atoms with Gasteiger partial charge < -0.3 is 9.84 Å². The third kappa shape index (κ3) is 4.05. The summed E-state index contributed by atoms with van der Waals surface area (Å²) >= 11 is 0. The number of para-hydroxylation sites is 1. The molecule has 164 valence electrons. The molecule has 0 saturated carbocycles. The number of aryl methyl sites for hydroxylation is 1. The van der Waals surface area contributed by atoms with Crippen LogP contribution in [-0.4, -0.2) is 31.5 Å². The summed E-state index contributed by atoms with van der Waals surface area (Å²) in [4.78, 5) is 25.4. The smallest absolute Gasteiger partial charge is 0.346 e. The van der Waals surface area contributed by atoms with E-state index in [0.29, 0.717) is 49.5 Å². The zero-order valence-corrected chi connectivity index (χ0v) is 17.3. The van der Waals surface area contributed by atoms with Crippen LogP contribution >= 0.6 is 0 Å². The third-order valence-corrected chi connectivity index (χ3v) is 5.81. The van der Waals surface area contributed by atoms with Gasteiger partial charge in [-0.15, -0.1) is 0 Å². The van der Waals surface area contributed by atoms with Gasteiger partial charge in [0.25, 0.3) is 0 Å². The van der Waals surface area contributed by atoms with Gasteiger partial charge >= 0.3 is 5.69 Å². The van der Waals surface area contributed by atoms with E-state index >= 15 is 0 Å². The van der Waals surface area contributed by atoms with Crippen LogP contribution in [0.1, 0.15) is 29.9 Å². The minimum absolute atomic E-state index is 0.0488. The molecule has 3 heterocycles. The first-order valence-corrected chi connectivity index (χ1v) is 10.6. The molecule has 0 aliphatic carbocycles. The Balaban J connectivity index is 1.22. The Labute approximate surface area is 182 Å². The molecule has 2 aromatic heterocycles. The molecule has 4 aromatic rings. The highest BCUT2D eigenvalue weighted by molar-refractivity contribution is 5.86. The van der Waals surface area contributed by atoms with Gasteiger partial charge in [0, 0.05) is 24.4 Å². The zero-order chi connectivity index (χ0) is 22.1. The van der Waals surface area contributed by atoms with E-state index in [-0.39, 0.29) is 29.9 Å². The van der Waals surface area contributed by atoms with Crippen molar-refractivity contribution in [2.75, 3.05) is 0 Å². The number of carbonyl (C=O) groups is 1. The molecule has 2 aromatic carbocycles. The van der Waals surface area contributed by atoms with Crippen LogP contribution in [-0.2, 0) is 30.7 Å². The molecule has 1 atom stereocenters. The zero-order valence-electron chi connectivity index (χ0n) is 17.3. The van der Waals surface area contributed by atoms with Crippen molar-refractivity contribution >= 4 is 16.9 Å². The molecular formula is C23H22FN5O3. The van der Waals surface area contributed by atoms with Gasteiger partial charge in [0.15, 0.2) is 5.58 Å². The Kier molecular flexibility index (Phi) is 5.30. The molecule has 1 aliphatic rings. The molecular weight excluding hydrogens is 413 g/mol. The summed E-state index contributed by atoms with van der Waals surface area (Å²) in [6, 6.07) is 13.4. The largest absolute Gasteiger partial charge is 0.356 e. The van der Waals surface area contributed by atoms with E-state index < -0.39 is 0 Å². The normalized spacial score (nSPS) is 16.0. The number of aromatic nitrogens is 4. The number of nitrogens with one attached hydrogen (secondary N) is 1. The molecule has 8 nitrogen and oxygen atoms in total. The summed E-state index contributed by atoms with van der Waals surface area (Å²) in [7, 11) is 0. The highest BCUT2D eigenvalue weighted by Gasteiger charge is 2.23. The van der Waals surface area contributed by atoms with E-state index in [4.69, 9.17) is 4.52 Å². The van der Waals surface area contributed by atoms with Crippen LogP contribution in [0.15, 0.2) is 57.8 Å². The lowest BCUT2D eigenvalue weighted by Gasteiger charge is -2.15. The molecule has 1 unspecified atom stereocenters. The van der Waals surface area contributed by atoms with Crippen LogP contribution in [0.4, 0.5) is 4.39 Å². The van der Waals surface area contributed by atoms with E-state index in [1.54, 1.807) is 16.7 Å². The number of fused-ring (bicyclic) bond motifs is 2. The van der Waals surface area contributed by atoms with E-state index in [2.05, 4.69) is 15.6 Å². The Morgan fingerprint density at radius 3 is 2.81 bits per heavy atom. The summed E-state index contributed by atoms with van der Waals surface area (Å²) < 4.78 is 21.5. The molecule has 32 heavy (non-hydrogen) atoms. The molecule has 1 amide bonds. The first-order chi connectivity index (χ1) is 15.6. The Morgan fingerprint density at radius 1 is 1.16 bits per heavy atom. The first kappa shape index (κ1) is 20.2. The van der Waals surface area contributed by atoms with E-state index in [9.17, 15) is 14.0 Å². The highest BCUT2D eigenvalue weighted by Crippen LogP contribution is 2.18. The number of hydrogen-bond acceptors (Lipinski definition) is 5. The van der Waals surface area contributed by atoms with Gasteiger partial charge in [0.2, 0.25) is 5.91 Å². The monoisotopic (exact) mass is 435 g/mol. The quantitative estimate of drug-likeness (QED) is 0.520. The number of rotatable bonds is 5. The second kappa shape index (κ2) is 8.41. The third-order valence-electron chi connectivity index (χ3n) is 5.81. The van der Waals surface area contributed by atoms with Crippen LogP contribution in [0, 0.1) is 5.82 Å². The van der Waals surface area contributed by atoms with Gasteiger partial charge in [-0.25, -0.2) is 13.9 Å². The van der Waals surface area contributed by atoms with Gasteiger partial charge in [0.1, 0.15) is 17.3 Å². The molecule has 9 heteroatoms. The average molecular weight is 435 g/mol. The van der Waals surface area contributed by atoms with E-state index in [1.807, 2.05) is 24.3 Å². The minimum atomic E-state index is -0.313. The highest BCUT2D eigenvalue weighted by atomic mass is 19.1. The maximum absolute atomic E-state index is 13.1. The van der Waals surface area contributed by atoms with Crippen LogP contribution < -0.4 is 11.0 Å². The maximum atomic E-state index is 13.1. The molecule has 1 N–H and O–H groups in total. The summed E-state index contributed by atoms with van der Waals surface area (Å²) in [5.74, 6) is 0.269. The molecule has 5 rings (SSSR count). The molecule has 0 bridgehead atoms. The van der Waals surface area contributed by atoms with Crippen molar-refractivity contribution in [2.24, 2.45) is 0 Å². The van der Waals surface area contributed by atoms with Gasteiger partial charge in [-0.3, -0.25) is 9.36 Å². The summed E-state index contributed by atoms with van der Waals surface area (Å²) in [5, 5.41) is 12.4.